The molecule has 0 bridgehead atoms. The summed E-state index contributed by atoms with van der Waals surface area (Å²) in [4.78, 5) is 30.3. The smallest absolute Gasteiger partial charge is 0.220 e. The van der Waals surface area contributed by atoms with Gasteiger partial charge in [-0.15, -0.1) is 0 Å². The minimum Gasteiger partial charge on any atom is -0.368 e. The number of Topliss-reactive ketones (excluding diaryl/α,β-unsaturated/α-hetero) is 1. The number of pyridine rings is 1. The van der Waals surface area contributed by atoms with Crippen molar-refractivity contribution in [2.75, 3.05) is 5.73 Å². The molecule has 0 radical (unpaired) electrons. The molecule has 0 saturated carbocycles. The molecule has 1 unspecified atom stereocenters. The topological polar surface area (TPSA) is 99.6 Å². The normalized spacial score (nSPS) is 16.5. The number of fused-ring (bicyclic) bond motifs is 1. The molecule has 7 heteroatoms. The first kappa shape index (κ1) is 16.4. The Labute approximate surface area is 151 Å². The summed E-state index contributed by atoms with van der Waals surface area (Å²) in [6.45, 7) is 3.88. The lowest BCUT2D eigenvalue weighted by atomic mass is 9.84. The molecule has 4 rings (SSSR count). The zero-order valence-corrected chi connectivity index (χ0v) is 14.8. The highest BCUT2D eigenvalue weighted by Crippen LogP contribution is 2.33. The Kier molecular flexibility index (Phi) is 3.99. The zero-order valence-electron chi connectivity index (χ0n) is 14.8. The molecule has 0 amide bonds. The third-order valence-corrected chi connectivity index (χ3v) is 4.77. The first-order valence-electron chi connectivity index (χ1n) is 8.72. The molecule has 2 N–H and O–H groups in total. The van der Waals surface area contributed by atoms with Gasteiger partial charge in [0.15, 0.2) is 5.78 Å². The van der Waals surface area contributed by atoms with Gasteiger partial charge in [0.2, 0.25) is 5.95 Å². The summed E-state index contributed by atoms with van der Waals surface area (Å²) < 4.78 is 1.96. The predicted octanol–water partition coefficient (Wildman–Crippen LogP) is 2.42. The van der Waals surface area contributed by atoms with Gasteiger partial charge in [-0.2, -0.15) is 0 Å². The number of aromatic nitrogens is 5. The van der Waals surface area contributed by atoms with Gasteiger partial charge in [-0.05, 0) is 25.5 Å². The number of aryl methyl sites for hydroxylation is 2. The van der Waals surface area contributed by atoms with Crippen molar-refractivity contribution in [3.63, 3.8) is 0 Å². The number of nitrogens with zero attached hydrogens (tertiary/aromatic N) is 5. The van der Waals surface area contributed by atoms with Crippen molar-refractivity contribution in [3.05, 3.63) is 59.1 Å². The van der Waals surface area contributed by atoms with Gasteiger partial charge < -0.3 is 5.73 Å². The standard InChI is InChI=1S/C19H20N6O/c1-3-13-5-4-6-16(23-13)25-8-7-21-18(25)12-9-14-17(15(26)10-12)11(2)22-19(20)24-14/h4-8,12H,3,9-10H2,1-2H3,(H2,20,22,24). The van der Waals surface area contributed by atoms with Gasteiger partial charge in [-0.1, -0.05) is 13.0 Å². The molecule has 0 aliphatic heterocycles. The lowest BCUT2D eigenvalue weighted by Crippen LogP contribution is -2.24. The van der Waals surface area contributed by atoms with Crippen LogP contribution in [-0.2, 0) is 12.8 Å². The number of nitrogens with two attached hydrogens (primary N) is 1. The van der Waals surface area contributed by atoms with E-state index in [1.807, 2.05) is 29.0 Å². The highest BCUT2D eigenvalue weighted by molar-refractivity contribution is 5.99. The highest BCUT2D eigenvalue weighted by Gasteiger charge is 2.32. The highest BCUT2D eigenvalue weighted by atomic mass is 16.1. The molecule has 26 heavy (non-hydrogen) atoms. The Hall–Kier alpha value is -3.09. The number of hydrogen-bond acceptors (Lipinski definition) is 6. The van der Waals surface area contributed by atoms with Crippen LogP contribution in [0.3, 0.4) is 0 Å². The van der Waals surface area contributed by atoms with Crippen LogP contribution in [0.1, 0.15) is 52.5 Å². The van der Waals surface area contributed by atoms with Gasteiger partial charge in [0.05, 0.1) is 17.0 Å². The average molecular weight is 348 g/mol. The van der Waals surface area contributed by atoms with Crippen LogP contribution in [0.4, 0.5) is 5.95 Å². The molecule has 0 saturated heterocycles. The van der Waals surface area contributed by atoms with E-state index < -0.39 is 0 Å². The Morgan fingerprint density at radius 3 is 2.88 bits per heavy atom. The number of ketones is 1. The van der Waals surface area contributed by atoms with E-state index in [1.54, 1.807) is 13.1 Å². The fourth-order valence-electron chi connectivity index (χ4n) is 3.59. The maximum absolute atomic E-state index is 12.7. The van der Waals surface area contributed by atoms with Crippen LogP contribution >= 0.6 is 0 Å². The van der Waals surface area contributed by atoms with E-state index in [9.17, 15) is 4.79 Å². The fraction of sp³-hybridized carbons (Fsp3) is 0.316. The third kappa shape index (κ3) is 2.75. The summed E-state index contributed by atoms with van der Waals surface area (Å²) in [5, 5.41) is 0. The maximum atomic E-state index is 12.7. The van der Waals surface area contributed by atoms with Gasteiger partial charge >= 0.3 is 0 Å². The van der Waals surface area contributed by atoms with E-state index in [-0.39, 0.29) is 17.6 Å². The number of imidazole rings is 1. The van der Waals surface area contributed by atoms with E-state index in [0.717, 1.165) is 23.8 Å². The van der Waals surface area contributed by atoms with Crippen LogP contribution in [0.15, 0.2) is 30.6 Å². The average Bonchev–Trinajstić information content (AvgIpc) is 3.10. The molecule has 0 aromatic carbocycles. The van der Waals surface area contributed by atoms with Crippen molar-refractivity contribution in [1.82, 2.24) is 24.5 Å². The van der Waals surface area contributed by atoms with Crippen LogP contribution in [0.25, 0.3) is 5.82 Å². The summed E-state index contributed by atoms with van der Waals surface area (Å²) in [6.07, 6.45) is 5.49. The van der Waals surface area contributed by atoms with Gasteiger partial charge in [-0.25, -0.2) is 19.9 Å². The second kappa shape index (κ2) is 6.33. The van der Waals surface area contributed by atoms with Gasteiger partial charge in [0.25, 0.3) is 0 Å². The second-order valence-electron chi connectivity index (χ2n) is 6.51. The summed E-state index contributed by atoms with van der Waals surface area (Å²) in [7, 11) is 0. The number of nitrogen functional groups attached to an aromatic ring is 1. The summed E-state index contributed by atoms with van der Waals surface area (Å²) in [5.41, 5.74) is 8.77. The molecule has 3 aromatic rings. The van der Waals surface area contributed by atoms with E-state index in [0.29, 0.717) is 29.8 Å². The van der Waals surface area contributed by atoms with Crippen molar-refractivity contribution in [3.8, 4) is 5.82 Å². The van der Waals surface area contributed by atoms with E-state index >= 15 is 0 Å². The second-order valence-corrected chi connectivity index (χ2v) is 6.51. The quantitative estimate of drug-likeness (QED) is 0.780. The molecular weight excluding hydrogens is 328 g/mol. The molecule has 1 aliphatic rings. The van der Waals surface area contributed by atoms with Crippen LogP contribution in [0, 0.1) is 6.92 Å². The van der Waals surface area contributed by atoms with Crippen molar-refractivity contribution in [1.29, 1.82) is 0 Å². The first-order chi connectivity index (χ1) is 12.6. The fourth-order valence-corrected chi connectivity index (χ4v) is 3.59. The number of anilines is 1. The number of carbonyl (C=O) groups excluding carboxylic acids is 1. The van der Waals surface area contributed by atoms with Crippen molar-refractivity contribution in [2.45, 2.75) is 39.0 Å². The monoisotopic (exact) mass is 348 g/mol. The molecule has 1 atom stereocenters. The SMILES string of the molecule is CCc1cccc(-n2ccnc2C2CC(=O)c3c(C)nc(N)nc3C2)n1. The molecule has 132 valence electrons. The zero-order chi connectivity index (χ0) is 18.3. The summed E-state index contributed by atoms with van der Waals surface area (Å²) >= 11 is 0. The van der Waals surface area contributed by atoms with Gasteiger partial charge in [0.1, 0.15) is 11.6 Å². The lowest BCUT2D eigenvalue weighted by molar-refractivity contribution is 0.0960. The van der Waals surface area contributed by atoms with E-state index in [1.165, 1.54) is 0 Å². The molecule has 0 fully saturated rings. The van der Waals surface area contributed by atoms with Crippen LogP contribution < -0.4 is 5.73 Å². The summed E-state index contributed by atoms with van der Waals surface area (Å²) in [6, 6.07) is 5.94. The third-order valence-electron chi connectivity index (χ3n) is 4.77. The van der Waals surface area contributed by atoms with E-state index in [2.05, 4.69) is 26.9 Å². The molecule has 0 spiro atoms. The Morgan fingerprint density at radius 1 is 1.23 bits per heavy atom. The molecule has 3 aromatic heterocycles. The van der Waals surface area contributed by atoms with Crippen molar-refractivity contribution < 1.29 is 4.79 Å². The van der Waals surface area contributed by atoms with Gasteiger partial charge in [-0.3, -0.25) is 9.36 Å². The minimum absolute atomic E-state index is 0.0403. The lowest BCUT2D eigenvalue weighted by Gasteiger charge is -2.24. The molecule has 3 heterocycles. The number of hydrogen-bond donors (Lipinski definition) is 1. The number of carbonyl (C=O) groups is 1. The molecule has 7 nitrogen and oxygen atoms in total. The van der Waals surface area contributed by atoms with Crippen molar-refractivity contribution in [2.24, 2.45) is 0 Å². The minimum atomic E-state index is -0.0641. The maximum Gasteiger partial charge on any atom is 0.220 e. The molecular formula is C19H20N6O. The Morgan fingerprint density at radius 2 is 2.08 bits per heavy atom. The Bertz CT molecular complexity index is 993. The van der Waals surface area contributed by atoms with Crippen LogP contribution in [0.2, 0.25) is 0 Å². The predicted molar refractivity (Wildman–Crippen MR) is 97.3 cm³/mol. The summed E-state index contributed by atoms with van der Waals surface area (Å²) in [5.74, 6) is 1.81. The largest absolute Gasteiger partial charge is 0.368 e. The van der Waals surface area contributed by atoms with Crippen LogP contribution in [-0.4, -0.2) is 30.3 Å². The molecule has 1 aliphatic carbocycles. The van der Waals surface area contributed by atoms with Crippen LogP contribution in [0.5, 0.6) is 0 Å². The Balaban J connectivity index is 1.74. The van der Waals surface area contributed by atoms with Crippen molar-refractivity contribution >= 4 is 11.7 Å². The van der Waals surface area contributed by atoms with E-state index in [4.69, 9.17) is 5.73 Å². The first-order valence-corrected chi connectivity index (χ1v) is 8.72. The number of rotatable bonds is 3. The van der Waals surface area contributed by atoms with Gasteiger partial charge in [0, 0.05) is 36.8 Å².